The van der Waals surface area contributed by atoms with E-state index in [0.29, 0.717) is 5.92 Å². The minimum absolute atomic E-state index is 0.178. The Balaban J connectivity index is 1.85. The van der Waals surface area contributed by atoms with Gasteiger partial charge in [-0.25, -0.2) is 4.79 Å². The topological polar surface area (TPSA) is 29.5 Å². The summed E-state index contributed by atoms with van der Waals surface area (Å²) in [6.07, 6.45) is 1.93. The maximum atomic E-state index is 12.0. The van der Waals surface area contributed by atoms with Crippen LogP contribution < -0.4 is 0 Å². The van der Waals surface area contributed by atoms with Crippen LogP contribution in [-0.4, -0.2) is 29.7 Å². The van der Waals surface area contributed by atoms with E-state index in [0.717, 1.165) is 25.9 Å². The lowest BCUT2D eigenvalue weighted by Gasteiger charge is -2.24. The molecule has 0 bridgehead atoms. The summed E-state index contributed by atoms with van der Waals surface area (Å²) >= 11 is 0. The largest absolute Gasteiger partial charge is 0.444 e. The third kappa shape index (κ3) is 4.27. The second-order valence-electron chi connectivity index (χ2n) is 6.27. The molecule has 1 aromatic carbocycles. The zero-order valence-corrected chi connectivity index (χ0v) is 12.1. The minimum atomic E-state index is -0.408. The van der Waals surface area contributed by atoms with Gasteiger partial charge in [-0.1, -0.05) is 30.3 Å². The lowest BCUT2D eigenvalue weighted by atomic mass is 9.99. The molecule has 0 N–H and O–H groups in total. The van der Waals surface area contributed by atoms with Gasteiger partial charge in [0.2, 0.25) is 0 Å². The van der Waals surface area contributed by atoms with Crippen LogP contribution in [0.3, 0.4) is 0 Å². The molecule has 0 aliphatic carbocycles. The fraction of sp³-hybridized carbons (Fsp3) is 0.562. The normalized spacial score (nSPS) is 19.5. The predicted octanol–water partition coefficient (Wildman–Crippen LogP) is 3.49. The van der Waals surface area contributed by atoms with Gasteiger partial charge in [0.25, 0.3) is 0 Å². The Kier molecular flexibility index (Phi) is 4.13. The Morgan fingerprint density at radius 1 is 1.32 bits per heavy atom. The van der Waals surface area contributed by atoms with Gasteiger partial charge in [0.1, 0.15) is 5.60 Å². The van der Waals surface area contributed by atoms with Gasteiger partial charge in [-0.2, -0.15) is 0 Å². The molecule has 1 amide bonds. The summed E-state index contributed by atoms with van der Waals surface area (Å²) in [6, 6.07) is 10.5. The van der Waals surface area contributed by atoms with Crippen LogP contribution in [0, 0.1) is 5.92 Å². The van der Waals surface area contributed by atoms with Gasteiger partial charge < -0.3 is 9.64 Å². The van der Waals surface area contributed by atoms with Crippen molar-refractivity contribution in [2.24, 2.45) is 5.92 Å². The summed E-state index contributed by atoms with van der Waals surface area (Å²) < 4.78 is 5.41. The second kappa shape index (κ2) is 5.64. The maximum absolute atomic E-state index is 12.0. The number of carbonyl (C=O) groups is 1. The van der Waals surface area contributed by atoms with E-state index in [-0.39, 0.29) is 6.09 Å². The molecule has 2 rings (SSSR count). The molecule has 0 saturated carbocycles. The Morgan fingerprint density at radius 2 is 2.00 bits per heavy atom. The van der Waals surface area contributed by atoms with Crippen molar-refractivity contribution in [2.75, 3.05) is 13.1 Å². The summed E-state index contributed by atoms with van der Waals surface area (Å²) in [6.45, 7) is 7.34. The number of amides is 1. The molecule has 0 spiro atoms. The summed E-state index contributed by atoms with van der Waals surface area (Å²) in [5.41, 5.74) is 0.938. The third-order valence-corrected chi connectivity index (χ3v) is 3.30. The third-order valence-electron chi connectivity index (χ3n) is 3.30. The predicted molar refractivity (Wildman–Crippen MR) is 76.1 cm³/mol. The number of benzene rings is 1. The van der Waals surface area contributed by atoms with Crippen molar-refractivity contribution in [3.05, 3.63) is 35.9 Å². The van der Waals surface area contributed by atoms with Crippen LogP contribution in [0.15, 0.2) is 30.3 Å². The van der Waals surface area contributed by atoms with Crippen molar-refractivity contribution in [3.63, 3.8) is 0 Å². The SMILES string of the molecule is CC(C)(C)OC(=O)N1CC[C@H](Cc2ccccc2)C1. The Bertz CT molecular complexity index is 422. The van der Waals surface area contributed by atoms with Gasteiger partial charge in [-0.3, -0.25) is 0 Å². The highest BCUT2D eigenvalue weighted by Crippen LogP contribution is 2.22. The van der Waals surface area contributed by atoms with Crippen LogP contribution in [0.5, 0.6) is 0 Å². The molecule has 104 valence electrons. The number of hydrogen-bond acceptors (Lipinski definition) is 2. The highest BCUT2D eigenvalue weighted by molar-refractivity contribution is 5.68. The van der Waals surface area contributed by atoms with Crippen molar-refractivity contribution in [2.45, 2.75) is 39.2 Å². The zero-order valence-electron chi connectivity index (χ0n) is 12.1. The zero-order chi connectivity index (χ0) is 13.9. The second-order valence-corrected chi connectivity index (χ2v) is 6.27. The van der Waals surface area contributed by atoms with E-state index in [1.54, 1.807) is 0 Å². The first kappa shape index (κ1) is 13.9. The fourth-order valence-electron chi connectivity index (χ4n) is 2.44. The van der Waals surface area contributed by atoms with E-state index in [9.17, 15) is 4.79 Å². The van der Waals surface area contributed by atoms with E-state index >= 15 is 0 Å². The number of nitrogens with zero attached hydrogens (tertiary/aromatic N) is 1. The van der Waals surface area contributed by atoms with Gasteiger partial charge in [-0.15, -0.1) is 0 Å². The lowest BCUT2D eigenvalue weighted by molar-refractivity contribution is 0.0288. The summed E-state index contributed by atoms with van der Waals surface area (Å²) in [5, 5.41) is 0. The number of carbonyl (C=O) groups excluding carboxylic acids is 1. The average Bonchev–Trinajstić information content (AvgIpc) is 2.77. The molecule has 3 heteroatoms. The van der Waals surface area contributed by atoms with Crippen LogP contribution in [0.2, 0.25) is 0 Å². The number of hydrogen-bond donors (Lipinski definition) is 0. The molecule has 3 nitrogen and oxygen atoms in total. The quantitative estimate of drug-likeness (QED) is 0.815. The van der Waals surface area contributed by atoms with E-state index in [2.05, 4.69) is 24.3 Å². The van der Waals surface area contributed by atoms with Crippen LogP contribution in [0.4, 0.5) is 4.79 Å². The smallest absolute Gasteiger partial charge is 0.410 e. The first-order valence-corrected chi connectivity index (χ1v) is 6.96. The highest BCUT2D eigenvalue weighted by atomic mass is 16.6. The first-order valence-electron chi connectivity index (χ1n) is 6.96. The molecule has 1 saturated heterocycles. The maximum Gasteiger partial charge on any atom is 0.410 e. The van der Waals surface area contributed by atoms with Crippen molar-refractivity contribution in [3.8, 4) is 0 Å². The lowest BCUT2D eigenvalue weighted by Crippen LogP contribution is -2.35. The van der Waals surface area contributed by atoms with Crippen LogP contribution in [0.1, 0.15) is 32.8 Å². The summed E-state index contributed by atoms with van der Waals surface area (Å²) in [4.78, 5) is 13.8. The van der Waals surface area contributed by atoms with Gasteiger partial charge in [0.15, 0.2) is 0 Å². The average molecular weight is 261 g/mol. The van der Waals surface area contributed by atoms with E-state index in [1.165, 1.54) is 5.56 Å². The first-order chi connectivity index (χ1) is 8.94. The van der Waals surface area contributed by atoms with Gasteiger partial charge in [0, 0.05) is 13.1 Å². The minimum Gasteiger partial charge on any atom is -0.444 e. The molecule has 0 aromatic heterocycles. The molecular weight excluding hydrogens is 238 g/mol. The molecule has 1 heterocycles. The van der Waals surface area contributed by atoms with Crippen molar-refractivity contribution < 1.29 is 9.53 Å². The molecule has 0 radical (unpaired) electrons. The molecule has 1 aliphatic rings. The standard InChI is InChI=1S/C16H23NO2/c1-16(2,3)19-15(18)17-10-9-14(12-17)11-13-7-5-4-6-8-13/h4-8,14H,9-12H2,1-3H3/t14-/m1/s1. The van der Waals surface area contributed by atoms with Gasteiger partial charge >= 0.3 is 6.09 Å². The van der Waals surface area contributed by atoms with E-state index < -0.39 is 5.60 Å². The molecule has 0 unspecified atom stereocenters. The molecule has 1 aromatic rings. The fourth-order valence-corrected chi connectivity index (χ4v) is 2.44. The molecule has 1 atom stereocenters. The monoisotopic (exact) mass is 261 g/mol. The molecule has 1 aliphatic heterocycles. The summed E-state index contributed by atoms with van der Waals surface area (Å²) in [5.74, 6) is 0.551. The van der Waals surface area contributed by atoms with Crippen LogP contribution in [0.25, 0.3) is 0 Å². The molecule has 19 heavy (non-hydrogen) atoms. The Hall–Kier alpha value is -1.51. The van der Waals surface area contributed by atoms with Crippen molar-refractivity contribution in [1.29, 1.82) is 0 Å². The van der Waals surface area contributed by atoms with Crippen molar-refractivity contribution >= 4 is 6.09 Å². The van der Waals surface area contributed by atoms with Crippen LogP contribution >= 0.6 is 0 Å². The number of rotatable bonds is 2. The Morgan fingerprint density at radius 3 is 2.63 bits per heavy atom. The van der Waals surface area contributed by atoms with E-state index in [1.807, 2.05) is 31.7 Å². The number of ether oxygens (including phenoxy) is 1. The van der Waals surface area contributed by atoms with Gasteiger partial charge in [-0.05, 0) is 45.1 Å². The molecule has 1 fully saturated rings. The Labute approximate surface area is 115 Å². The summed E-state index contributed by atoms with van der Waals surface area (Å²) in [7, 11) is 0. The number of likely N-dealkylation sites (tertiary alicyclic amines) is 1. The highest BCUT2D eigenvalue weighted by Gasteiger charge is 2.29. The van der Waals surface area contributed by atoms with E-state index in [4.69, 9.17) is 4.74 Å². The van der Waals surface area contributed by atoms with Crippen molar-refractivity contribution in [1.82, 2.24) is 4.90 Å². The van der Waals surface area contributed by atoms with Crippen LogP contribution in [-0.2, 0) is 11.2 Å². The van der Waals surface area contributed by atoms with Gasteiger partial charge in [0.05, 0.1) is 0 Å². The molecular formula is C16H23NO2.